The largest absolute Gasteiger partial charge is 0.328 e. The van der Waals surface area contributed by atoms with Crippen LogP contribution in [0.1, 0.15) is 25.3 Å². The molecule has 0 bridgehead atoms. The van der Waals surface area contributed by atoms with Gasteiger partial charge in [-0.2, -0.15) is 0 Å². The Kier molecular flexibility index (Phi) is 4.13. The third-order valence-electron chi connectivity index (χ3n) is 3.64. The predicted octanol–water partition coefficient (Wildman–Crippen LogP) is 2.18. The zero-order chi connectivity index (χ0) is 12.3. The Bertz CT molecular complexity index is 342. The molecule has 1 atom stereocenters. The Morgan fingerprint density at radius 2 is 1.88 bits per heavy atom. The molecule has 1 heterocycles. The van der Waals surface area contributed by atoms with Gasteiger partial charge in [-0.25, -0.2) is 4.39 Å². The molecule has 0 aromatic heterocycles. The highest BCUT2D eigenvalue weighted by atomic mass is 19.1. The van der Waals surface area contributed by atoms with Gasteiger partial charge in [0.05, 0.1) is 0 Å². The monoisotopic (exact) mass is 236 g/mol. The Morgan fingerprint density at radius 1 is 1.29 bits per heavy atom. The molecular weight excluding hydrogens is 215 g/mol. The van der Waals surface area contributed by atoms with E-state index in [1.807, 2.05) is 12.1 Å². The third kappa shape index (κ3) is 3.51. The van der Waals surface area contributed by atoms with Crippen molar-refractivity contribution in [1.29, 1.82) is 0 Å². The van der Waals surface area contributed by atoms with Crippen LogP contribution in [0.3, 0.4) is 0 Å². The number of halogens is 1. The number of rotatable bonds is 3. The van der Waals surface area contributed by atoms with Gasteiger partial charge in [0.25, 0.3) is 0 Å². The van der Waals surface area contributed by atoms with Crippen LogP contribution in [0.15, 0.2) is 24.3 Å². The van der Waals surface area contributed by atoms with E-state index in [-0.39, 0.29) is 5.82 Å². The molecule has 3 heteroatoms. The van der Waals surface area contributed by atoms with Gasteiger partial charge >= 0.3 is 0 Å². The van der Waals surface area contributed by atoms with Crippen LogP contribution in [0.5, 0.6) is 0 Å². The van der Waals surface area contributed by atoms with E-state index in [1.165, 1.54) is 17.7 Å². The normalized spacial score (nSPS) is 20.4. The topological polar surface area (TPSA) is 29.3 Å². The number of piperidine rings is 1. The van der Waals surface area contributed by atoms with Crippen molar-refractivity contribution < 1.29 is 4.39 Å². The van der Waals surface area contributed by atoms with Crippen LogP contribution in [0.4, 0.5) is 4.39 Å². The summed E-state index contributed by atoms with van der Waals surface area (Å²) in [5, 5.41) is 0. The molecule has 1 aromatic carbocycles. The summed E-state index contributed by atoms with van der Waals surface area (Å²) in [6.07, 6.45) is 3.16. The van der Waals surface area contributed by atoms with Gasteiger partial charge in [0.15, 0.2) is 0 Å². The van der Waals surface area contributed by atoms with Gasteiger partial charge in [0.1, 0.15) is 5.82 Å². The first-order valence-electron chi connectivity index (χ1n) is 6.39. The highest BCUT2D eigenvalue weighted by Gasteiger charge is 2.20. The van der Waals surface area contributed by atoms with Crippen LogP contribution < -0.4 is 5.73 Å². The second kappa shape index (κ2) is 5.61. The Morgan fingerprint density at radius 3 is 2.47 bits per heavy atom. The second-order valence-electron chi connectivity index (χ2n) is 5.05. The van der Waals surface area contributed by atoms with E-state index in [9.17, 15) is 4.39 Å². The molecular formula is C14H21FN2. The lowest BCUT2D eigenvalue weighted by Crippen LogP contribution is -2.44. The summed E-state index contributed by atoms with van der Waals surface area (Å²) in [4.78, 5) is 2.48. The average molecular weight is 236 g/mol. The quantitative estimate of drug-likeness (QED) is 0.871. The van der Waals surface area contributed by atoms with Crippen LogP contribution in [0.25, 0.3) is 0 Å². The molecule has 0 radical (unpaired) electrons. The fraction of sp³-hybridized carbons (Fsp3) is 0.571. The lowest BCUT2D eigenvalue weighted by atomic mass is 10.0. The summed E-state index contributed by atoms with van der Waals surface area (Å²) in [7, 11) is 0. The number of hydrogen-bond donors (Lipinski definition) is 1. The Labute approximate surface area is 103 Å². The van der Waals surface area contributed by atoms with Gasteiger partial charge in [-0.1, -0.05) is 12.1 Å². The highest BCUT2D eigenvalue weighted by molar-refractivity contribution is 5.17. The van der Waals surface area contributed by atoms with Gasteiger partial charge < -0.3 is 10.6 Å². The molecule has 1 aliphatic heterocycles. The molecule has 0 saturated carbocycles. The Balaban J connectivity index is 1.88. The molecule has 1 aliphatic rings. The summed E-state index contributed by atoms with van der Waals surface area (Å²) in [5.74, 6) is -0.162. The van der Waals surface area contributed by atoms with E-state index in [0.717, 1.165) is 32.4 Å². The third-order valence-corrected chi connectivity index (χ3v) is 3.64. The van der Waals surface area contributed by atoms with Gasteiger partial charge in [-0.3, -0.25) is 0 Å². The molecule has 0 amide bonds. The molecule has 1 fully saturated rings. The fourth-order valence-corrected chi connectivity index (χ4v) is 2.45. The maximum absolute atomic E-state index is 12.8. The minimum Gasteiger partial charge on any atom is -0.328 e. The lowest BCUT2D eigenvalue weighted by molar-refractivity contribution is 0.162. The van der Waals surface area contributed by atoms with E-state index in [4.69, 9.17) is 5.73 Å². The number of nitrogens with zero attached hydrogens (tertiary/aromatic N) is 1. The molecule has 0 spiro atoms. The van der Waals surface area contributed by atoms with Crippen molar-refractivity contribution in [2.75, 3.05) is 13.1 Å². The molecule has 17 heavy (non-hydrogen) atoms. The zero-order valence-corrected chi connectivity index (χ0v) is 10.4. The average Bonchev–Trinajstić information content (AvgIpc) is 2.33. The molecule has 1 aromatic rings. The summed E-state index contributed by atoms with van der Waals surface area (Å²) < 4.78 is 12.8. The van der Waals surface area contributed by atoms with Crippen molar-refractivity contribution in [3.8, 4) is 0 Å². The van der Waals surface area contributed by atoms with Crippen molar-refractivity contribution in [2.24, 2.45) is 5.73 Å². The maximum Gasteiger partial charge on any atom is 0.123 e. The first-order valence-corrected chi connectivity index (χ1v) is 6.39. The molecule has 94 valence electrons. The number of nitrogens with two attached hydrogens (primary N) is 1. The van der Waals surface area contributed by atoms with Crippen LogP contribution in [0, 0.1) is 5.82 Å². The SMILES string of the molecule is CC(Cc1ccc(F)cc1)N1CCC(N)CC1. The first-order chi connectivity index (χ1) is 8.15. The molecule has 2 nitrogen and oxygen atoms in total. The van der Waals surface area contributed by atoms with E-state index in [0.29, 0.717) is 12.1 Å². The Hall–Kier alpha value is -0.930. The second-order valence-corrected chi connectivity index (χ2v) is 5.05. The predicted molar refractivity (Wildman–Crippen MR) is 68.3 cm³/mol. The molecule has 2 rings (SSSR count). The van der Waals surface area contributed by atoms with Crippen molar-refractivity contribution in [3.05, 3.63) is 35.6 Å². The maximum atomic E-state index is 12.8. The van der Waals surface area contributed by atoms with Gasteiger partial charge in [-0.05, 0) is 57.0 Å². The van der Waals surface area contributed by atoms with Gasteiger partial charge in [0, 0.05) is 12.1 Å². The molecule has 1 saturated heterocycles. The van der Waals surface area contributed by atoms with Crippen molar-refractivity contribution in [2.45, 2.75) is 38.3 Å². The summed E-state index contributed by atoms with van der Waals surface area (Å²) >= 11 is 0. The van der Waals surface area contributed by atoms with Crippen molar-refractivity contribution in [1.82, 2.24) is 4.90 Å². The summed E-state index contributed by atoms with van der Waals surface area (Å²) in [6.45, 7) is 4.41. The molecule has 1 unspecified atom stereocenters. The van der Waals surface area contributed by atoms with E-state index in [1.54, 1.807) is 0 Å². The van der Waals surface area contributed by atoms with Crippen molar-refractivity contribution >= 4 is 0 Å². The van der Waals surface area contributed by atoms with Crippen LogP contribution in [0.2, 0.25) is 0 Å². The van der Waals surface area contributed by atoms with E-state index in [2.05, 4.69) is 11.8 Å². The highest BCUT2D eigenvalue weighted by Crippen LogP contribution is 2.15. The van der Waals surface area contributed by atoms with Gasteiger partial charge in [-0.15, -0.1) is 0 Å². The molecule has 2 N–H and O–H groups in total. The number of hydrogen-bond acceptors (Lipinski definition) is 2. The van der Waals surface area contributed by atoms with Crippen LogP contribution in [-0.4, -0.2) is 30.1 Å². The van der Waals surface area contributed by atoms with Crippen LogP contribution >= 0.6 is 0 Å². The van der Waals surface area contributed by atoms with E-state index < -0.39 is 0 Å². The standard InChI is InChI=1S/C14H21FN2/c1-11(17-8-6-14(16)7-9-17)10-12-2-4-13(15)5-3-12/h2-5,11,14H,6-10,16H2,1H3. The lowest BCUT2D eigenvalue weighted by Gasteiger charge is -2.34. The summed E-state index contributed by atoms with van der Waals surface area (Å²) in [6, 6.07) is 7.71. The number of likely N-dealkylation sites (tertiary alicyclic amines) is 1. The molecule has 0 aliphatic carbocycles. The van der Waals surface area contributed by atoms with Crippen molar-refractivity contribution in [3.63, 3.8) is 0 Å². The summed E-state index contributed by atoms with van der Waals surface area (Å²) in [5.41, 5.74) is 7.10. The van der Waals surface area contributed by atoms with Gasteiger partial charge in [0.2, 0.25) is 0 Å². The number of benzene rings is 1. The zero-order valence-electron chi connectivity index (χ0n) is 10.4. The first kappa shape index (κ1) is 12.5. The minimum atomic E-state index is -0.162. The smallest absolute Gasteiger partial charge is 0.123 e. The van der Waals surface area contributed by atoms with Crippen LogP contribution in [-0.2, 0) is 6.42 Å². The minimum absolute atomic E-state index is 0.162. The fourth-order valence-electron chi connectivity index (χ4n) is 2.45. The van der Waals surface area contributed by atoms with E-state index >= 15 is 0 Å².